The molecule has 1 aliphatic rings. The average molecular weight is 343 g/mol. The van der Waals surface area contributed by atoms with Crippen LogP contribution in [0.3, 0.4) is 0 Å². The van der Waals surface area contributed by atoms with Crippen LogP contribution < -0.4 is 10.1 Å². The number of aliphatic carboxylic acids is 1. The highest BCUT2D eigenvalue weighted by Gasteiger charge is 2.32. The van der Waals surface area contributed by atoms with Crippen molar-refractivity contribution in [2.24, 2.45) is 0 Å². The summed E-state index contributed by atoms with van der Waals surface area (Å²) >= 11 is 3.38. The number of nitrogens with zero attached hydrogens (tertiary/aromatic N) is 1. The molecule has 108 valence electrons. The zero-order valence-electron chi connectivity index (χ0n) is 10.9. The van der Waals surface area contributed by atoms with Crippen molar-refractivity contribution in [3.63, 3.8) is 0 Å². The zero-order valence-corrected chi connectivity index (χ0v) is 12.5. The van der Waals surface area contributed by atoms with Crippen molar-refractivity contribution in [1.29, 1.82) is 0 Å². The Balaban J connectivity index is 2.23. The van der Waals surface area contributed by atoms with Gasteiger partial charge in [0.15, 0.2) is 0 Å². The number of amides is 1. The maximum Gasteiger partial charge on any atom is 0.322 e. The zero-order chi connectivity index (χ0) is 14.7. The Morgan fingerprint density at radius 3 is 3.00 bits per heavy atom. The lowest BCUT2D eigenvalue weighted by Crippen LogP contribution is -2.56. The first kappa shape index (κ1) is 14.8. The van der Waals surface area contributed by atoms with E-state index in [4.69, 9.17) is 4.74 Å². The Morgan fingerprint density at radius 2 is 2.35 bits per heavy atom. The molecule has 1 amide bonds. The fourth-order valence-electron chi connectivity index (χ4n) is 2.19. The molecule has 0 radical (unpaired) electrons. The largest absolute Gasteiger partial charge is 0.496 e. The van der Waals surface area contributed by atoms with Gasteiger partial charge in [0.05, 0.1) is 13.7 Å². The minimum absolute atomic E-state index is 0.0621. The Kier molecular flexibility index (Phi) is 4.61. The number of halogens is 1. The quantitative estimate of drug-likeness (QED) is 0.847. The Hall–Kier alpha value is -1.60. The minimum Gasteiger partial charge on any atom is -0.496 e. The van der Waals surface area contributed by atoms with E-state index in [0.29, 0.717) is 12.3 Å². The topological polar surface area (TPSA) is 78.9 Å². The molecule has 1 fully saturated rings. The fourth-order valence-corrected chi connectivity index (χ4v) is 2.60. The van der Waals surface area contributed by atoms with Crippen molar-refractivity contribution in [1.82, 2.24) is 10.2 Å². The highest BCUT2D eigenvalue weighted by Crippen LogP contribution is 2.25. The summed E-state index contributed by atoms with van der Waals surface area (Å²) in [6.07, 6.45) is 0. The second-order valence-electron chi connectivity index (χ2n) is 4.52. The monoisotopic (exact) mass is 342 g/mol. The van der Waals surface area contributed by atoms with Gasteiger partial charge < -0.3 is 15.2 Å². The molecule has 0 spiro atoms. The van der Waals surface area contributed by atoms with Crippen molar-refractivity contribution in [3.05, 3.63) is 28.2 Å². The van der Waals surface area contributed by atoms with Crippen molar-refractivity contribution in [2.45, 2.75) is 12.6 Å². The molecule has 7 heteroatoms. The van der Waals surface area contributed by atoms with Gasteiger partial charge in [-0.05, 0) is 18.2 Å². The van der Waals surface area contributed by atoms with Crippen LogP contribution in [-0.4, -0.2) is 48.1 Å². The van der Waals surface area contributed by atoms with E-state index in [1.807, 2.05) is 12.1 Å². The lowest BCUT2D eigenvalue weighted by Gasteiger charge is -2.32. The summed E-state index contributed by atoms with van der Waals surface area (Å²) in [6.45, 7) is 0.518. The smallest absolute Gasteiger partial charge is 0.322 e. The van der Waals surface area contributed by atoms with E-state index in [-0.39, 0.29) is 19.0 Å². The van der Waals surface area contributed by atoms with Gasteiger partial charge >= 0.3 is 5.97 Å². The molecule has 2 N–H and O–H groups in total. The molecule has 0 saturated carbocycles. The molecule has 1 aromatic carbocycles. The Labute approximate surface area is 124 Å². The maximum atomic E-state index is 11.5. The molecule has 6 nitrogen and oxygen atoms in total. The first-order chi connectivity index (χ1) is 9.51. The number of benzene rings is 1. The number of nitrogens with one attached hydrogen (secondary N) is 1. The molecule has 0 aliphatic carbocycles. The third-order valence-corrected chi connectivity index (χ3v) is 3.67. The highest BCUT2D eigenvalue weighted by atomic mass is 79.9. The number of carboxylic acids is 1. The molecule has 1 saturated heterocycles. The van der Waals surface area contributed by atoms with Gasteiger partial charge in [0, 0.05) is 23.1 Å². The van der Waals surface area contributed by atoms with Gasteiger partial charge in [-0.2, -0.15) is 0 Å². The number of carbonyl (C=O) groups is 2. The van der Waals surface area contributed by atoms with E-state index in [9.17, 15) is 14.7 Å². The number of ether oxygens (including phenoxy) is 1. The third kappa shape index (κ3) is 3.29. The SMILES string of the molecule is COc1ccc(Br)cc1CN1CC(=O)NCC1C(=O)O. The van der Waals surface area contributed by atoms with E-state index in [1.165, 1.54) is 0 Å². The van der Waals surface area contributed by atoms with Crippen molar-refractivity contribution >= 4 is 27.8 Å². The number of piperazine rings is 1. The lowest BCUT2D eigenvalue weighted by atomic mass is 10.1. The van der Waals surface area contributed by atoms with Gasteiger partial charge in [-0.3, -0.25) is 14.5 Å². The molecule has 0 bridgehead atoms. The number of rotatable bonds is 4. The molecular weight excluding hydrogens is 328 g/mol. The van der Waals surface area contributed by atoms with Gasteiger partial charge in [-0.25, -0.2) is 0 Å². The molecule has 20 heavy (non-hydrogen) atoms. The summed E-state index contributed by atoms with van der Waals surface area (Å²) in [6, 6.07) is 4.79. The van der Waals surface area contributed by atoms with Gasteiger partial charge in [0.25, 0.3) is 0 Å². The minimum atomic E-state index is -0.945. The number of carboxylic acid groups (broad SMARTS) is 1. The summed E-state index contributed by atoms with van der Waals surface area (Å²) in [5, 5.41) is 11.8. The van der Waals surface area contributed by atoms with Crippen LogP contribution in [0.1, 0.15) is 5.56 Å². The molecule has 1 atom stereocenters. The van der Waals surface area contributed by atoms with Gasteiger partial charge in [-0.15, -0.1) is 0 Å². The third-order valence-electron chi connectivity index (χ3n) is 3.18. The van der Waals surface area contributed by atoms with Crippen LogP contribution in [0.5, 0.6) is 5.75 Å². The molecular formula is C13H15BrN2O4. The van der Waals surface area contributed by atoms with Crippen LogP contribution in [0.15, 0.2) is 22.7 Å². The predicted octanol–water partition coefficient (Wildman–Crippen LogP) is 0.843. The number of hydrogen-bond donors (Lipinski definition) is 2. The van der Waals surface area contributed by atoms with Crippen LogP contribution in [-0.2, 0) is 16.1 Å². The molecule has 2 rings (SSSR count). The highest BCUT2D eigenvalue weighted by molar-refractivity contribution is 9.10. The second-order valence-corrected chi connectivity index (χ2v) is 5.43. The predicted molar refractivity (Wildman–Crippen MR) is 75.5 cm³/mol. The van der Waals surface area contributed by atoms with Crippen LogP contribution in [0, 0.1) is 0 Å². The summed E-state index contributed by atoms with van der Waals surface area (Å²) in [4.78, 5) is 24.3. The van der Waals surface area contributed by atoms with Crippen LogP contribution >= 0.6 is 15.9 Å². The summed E-state index contributed by atoms with van der Waals surface area (Å²) in [7, 11) is 1.56. The van der Waals surface area contributed by atoms with Crippen molar-refractivity contribution < 1.29 is 19.4 Å². The van der Waals surface area contributed by atoms with E-state index >= 15 is 0 Å². The van der Waals surface area contributed by atoms with E-state index in [1.54, 1.807) is 18.1 Å². The van der Waals surface area contributed by atoms with E-state index in [2.05, 4.69) is 21.2 Å². The second kappa shape index (κ2) is 6.23. The molecule has 1 heterocycles. The number of carbonyl (C=O) groups excluding carboxylic acids is 1. The van der Waals surface area contributed by atoms with Gasteiger partial charge in [0.2, 0.25) is 5.91 Å². The first-order valence-electron chi connectivity index (χ1n) is 6.07. The number of hydrogen-bond acceptors (Lipinski definition) is 4. The van der Waals surface area contributed by atoms with Gasteiger partial charge in [0.1, 0.15) is 11.8 Å². The lowest BCUT2D eigenvalue weighted by molar-refractivity contribution is -0.146. The summed E-state index contributed by atoms with van der Waals surface area (Å²) in [5.41, 5.74) is 0.836. The standard InChI is InChI=1S/C13H15BrN2O4/c1-20-11-3-2-9(14)4-8(11)6-16-7-12(17)15-5-10(16)13(18)19/h2-4,10H,5-7H2,1H3,(H,15,17)(H,18,19). The maximum absolute atomic E-state index is 11.5. The number of methoxy groups -OCH3 is 1. The van der Waals surface area contributed by atoms with E-state index < -0.39 is 12.0 Å². The van der Waals surface area contributed by atoms with Crippen LogP contribution in [0.2, 0.25) is 0 Å². The fraction of sp³-hybridized carbons (Fsp3) is 0.385. The molecule has 1 unspecified atom stereocenters. The average Bonchev–Trinajstić information content (AvgIpc) is 2.38. The van der Waals surface area contributed by atoms with E-state index in [0.717, 1.165) is 10.0 Å². The van der Waals surface area contributed by atoms with Crippen LogP contribution in [0.4, 0.5) is 0 Å². The van der Waals surface area contributed by atoms with Crippen molar-refractivity contribution in [2.75, 3.05) is 20.2 Å². The van der Waals surface area contributed by atoms with Crippen LogP contribution in [0.25, 0.3) is 0 Å². The summed E-state index contributed by atoms with van der Waals surface area (Å²) in [5.74, 6) is -0.446. The molecule has 1 aliphatic heterocycles. The molecule has 1 aromatic rings. The molecule has 0 aromatic heterocycles. The Morgan fingerprint density at radius 1 is 1.60 bits per heavy atom. The van der Waals surface area contributed by atoms with Gasteiger partial charge in [-0.1, -0.05) is 15.9 Å². The summed E-state index contributed by atoms with van der Waals surface area (Å²) < 4.78 is 6.15. The Bertz CT molecular complexity index is 535. The first-order valence-corrected chi connectivity index (χ1v) is 6.86. The normalized spacial score (nSPS) is 19.5. The van der Waals surface area contributed by atoms with Crippen molar-refractivity contribution in [3.8, 4) is 5.75 Å².